The average molecular weight is 843 g/mol. The normalized spacial score (nSPS) is 16.3. The zero-order valence-corrected chi connectivity index (χ0v) is 37.5. The van der Waals surface area contributed by atoms with E-state index in [-0.39, 0.29) is 28.2 Å². The average Bonchev–Trinajstić information content (AvgIpc) is 3.74. The van der Waals surface area contributed by atoms with E-state index in [4.69, 9.17) is 27.8 Å². The van der Waals surface area contributed by atoms with Gasteiger partial charge in [-0.1, -0.05) is 142 Å². The number of benzene rings is 6. The van der Waals surface area contributed by atoms with Crippen LogP contribution >= 0.6 is 0 Å². The van der Waals surface area contributed by atoms with Crippen LogP contribution in [0.4, 0.5) is 0 Å². The van der Waals surface area contributed by atoms with E-state index in [1.54, 1.807) is 24.4 Å². The van der Waals surface area contributed by atoms with Gasteiger partial charge in [0.2, 0.25) is 0 Å². The number of para-hydroxylation sites is 1. The Hall–Kier alpha value is -6.26. The second kappa shape index (κ2) is 16.5. The Kier molecular flexibility index (Phi) is 7.82. The lowest BCUT2D eigenvalue weighted by atomic mass is 9.83. The molecule has 2 aromatic heterocycles. The number of hydrogen-bond donors (Lipinski definition) is 1. The lowest BCUT2D eigenvalue weighted by molar-refractivity contribution is 0.472. The minimum absolute atomic E-state index is 0.00714. The fraction of sp³-hybridized carbons (Fsp3) is 0.288. The molecule has 0 fully saturated rings. The van der Waals surface area contributed by atoms with Crippen LogP contribution in [0.1, 0.15) is 138 Å². The molecule has 6 aromatic carbocycles. The molecule has 0 atom stereocenters. The van der Waals surface area contributed by atoms with E-state index in [1.165, 1.54) is 24.3 Å². The van der Waals surface area contributed by atoms with Crippen LogP contribution < -0.4 is 0 Å². The summed E-state index contributed by atoms with van der Waals surface area (Å²) in [4.78, 5) is 10.2. The van der Waals surface area contributed by atoms with Gasteiger partial charge in [0.05, 0.1) is 28.0 Å². The number of aryl methyl sites for hydroxylation is 3. The molecule has 1 N–H and O–H groups in total. The van der Waals surface area contributed by atoms with E-state index >= 15 is 0 Å². The van der Waals surface area contributed by atoms with Gasteiger partial charge in [-0.05, 0) is 159 Å². The molecule has 320 valence electrons. The zero-order valence-electron chi connectivity index (χ0n) is 50.5. The van der Waals surface area contributed by atoms with Gasteiger partial charge in [0.25, 0.3) is 0 Å². The summed E-state index contributed by atoms with van der Waals surface area (Å²) >= 11 is 0. The van der Waals surface area contributed by atoms with E-state index in [2.05, 4.69) is 46.8 Å². The van der Waals surface area contributed by atoms with Crippen LogP contribution in [-0.4, -0.2) is 19.6 Å². The summed E-state index contributed by atoms with van der Waals surface area (Å²) in [5.74, 6) is -0.574. The van der Waals surface area contributed by atoms with Crippen molar-refractivity contribution in [2.45, 2.75) is 112 Å². The monoisotopic (exact) mass is 843 g/mol. The van der Waals surface area contributed by atoms with Crippen LogP contribution in [0, 0.1) is 20.7 Å². The van der Waals surface area contributed by atoms with Crippen molar-refractivity contribution >= 4 is 11.0 Å². The van der Waals surface area contributed by atoms with E-state index < -0.39 is 38.7 Å². The highest BCUT2D eigenvalue weighted by Gasteiger charge is 2.25. The molecule has 63 heavy (non-hydrogen) atoms. The zero-order chi connectivity index (χ0) is 56.0. The minimum atomic E-state index is -3.39. The van der Waals surface area contributed by atoms with Gasteiger partial charge in [-0.2, -0.15) is 0 Å². The third-order valence-corrected chi connectivity index (χ3v) is 12.0. The quantitative estimate of drug-likeness (QED) is 0.166. The number of phenolic OH excluding ortho intramolecular Hbond substituents is 1. The van der Waals surface area contributed by atoms with Crippen molar-refractivity contribution < 1.29 is 22.9 Å². The summed E-state index contributed by atoms with van der Waals surface area (Å²) < 4.78 is 112. The smallest absolute Gasteiger partial charge is 0.149 e. The summed E-state index contributed by atoms with van der Waals surface area (Å²) in [6, 6.07) is 36.2. The number of rotatable bonds is 8. The first kappa shape index (κ1) is 29.9. The van der Waals surface area contributed by atoms with Crippen LogP contribution in [0.15, 0.2) is 128 Å². The predicted molar refractivity (Wildman–Crippen MR) is 267 cm³/mol. The van der Waals surface area contributed by atoms with Gasteiger partial charge in [0, 0.05) is 35.1 Å². The maximum absolute atomic E-state index is 11.9. The molecule has 8 rings (SSSR count). The molecule has 0 saturated heterocycles. The van der Waals surface area contributed by atoms with Crippen LogP contribution in [0.3, 0.4) is 0 Å². The topological polar surface area (TPSA) is 50.9 Å². The highest BCUT2D eigenvalue weighted by atomic mass is 16.3. The molecule has 0 aliphatic heterocycles. The number of aromatic hydroxyl groups is 1. The van der Waals surface area contributed by atoms with Crippen molar-refractivity contribution in [3.63, 3.8) is 0 Å². The van der Waals surface area contributed by atoms with Gasteiger partial charge in [-0.25, -0.2) is 4.98 Å². The first-order chi connectivity index (χ1) is 35.1. The van der Waals surface area contributed by atoms with Crippen molar-refractivity contribution in [1.82, 2.24) is 14.5 Å². The molecule has 0 aliphatic rings. The summed E-state index contributed by atoms with van der Waals surface area (Å²) in [6.07, 6.45) is 1.63. The van der Waals surface area contributed by atoms with Crippen LogP contribution in [0.2, 0.25) is 0 Å². The maximum Gasteiger partial charge on any atom is 0.149 e. The van der Waals surface area contributed by atoms with Gasteiger partial charge in [-0.15, -0.1) is 0 Å². The Balaban J connectivity index is 1.35. The number of pyridine rings is 1. The second-order valence-electron chi connectivity index (χ2n) is 18.4. The summed E-state index contributed by atoms with van der Waals surface area (Å²) in [5.41, 5.74) is 7.90. The minimum Gasteiger partial charge on any atom is -0.507 e. The summed E-state index contributed by atoms with van der Waals surface area (Å²) in [5, 5.41) is 11.9. The summed E-state index contributed by atoms with van der Waals surface area (Å²) in [7, 11) is 0. The van der Waals surface area contributed by atoms with E-state index in [0.29, 0.717) is 56.1 Å². The second-order valence-corrected chi connectivity index (χ2v) is 18.4. The summed E-state index contributed by atoms with van der Waals surface area (Å²) in [6.45, 7) is 5.06. The highest BCUT2D eigenvalue weighted by Crippen LogP contribution is 2.43. The highest BCUT2D eigenvalue weighted by molar-refractivity contribution is 5.97. The number of fused-ring (bicyclic) bond motifs is 1. The standard InChI is InChI=1S/C59H63N3O/c1-35(2)47-16-14-17-48(36(3)4)54(47)42-22-25-52(38(6)30-42)62-53-19-15-18-49(55(53)61-57(62)50-29-37(5)28-39(7)56(50)63)43-31-44(33-46(32-43)59(11,12)13)51-34-41(26-27-60-51)40-20-23-45(24-21-40)58(8,9)10/h14-36,63H,1-13H3/i6D3,8D3,9D3,10D3,35D. The van der Waals surface area contributed by atoms with Crippen LogP contribution in [0.5, 0.6) is 5.75 Å². The number of aromatic nitrogens is 3. The SMILES string of the molecule is [2H]C([2H])([2H])c1cc(-c2c(C(C)C)cccc2C([2H])(C)C)ccc1-n1c(-c2cc(C)cc(C)c2O)nc2c(-c3cc(-c4cc(-c5ccc(C(C([2H])([2H])[2H])(C([2H])([2H])[2H])C([2H])([2H])[2H])cc5)ccn4)cc(C(C)(C)C)c3)cccc21. The first-order valence-electron chi connectivity index (χ1n) is 27.9. The van der Waals surface area contributed by atoms with Crippen LogP contribution in [-0.2, 0) is 10.8 Å². The molecule has 0 bridgehead atoms. The molecule has 4 heteroatoms. The number of imidazole rings is 1. The van der Waals surface area contributed by atoms with Gasteiger partial charge in [0.15, 0.2) is 0 Å². The molecule has 4 nitrogen and oxygen atoms in total. The maximum atomic E-state index is 11.9. The van der Waals surface area contributed by atoms with Gasteiger partial charge in [-0.3, -0.25) is 9.55 Å². The third kappa shape index (κ3) is 8.36. The largest absolute Gasteiger partial charge is 0.507 e. The molecular formula is C59H63N3O. The Morgan fingerprint density at radius 1 is 0.635 bits per heavy atom. The molecule has 0 aliphatic carbocycles. The lowest BCUT2D eigenvalue weighted by Crippen LogP contribution is -2.11. The van der Waals surface area contributed by atoms with Gasteiger partial charge in [0.1, 0.15) is 11.6 Å². The number of nitrogens with zero attached hydrogens (tertiary/aromatic N) is 3. The van der Waals surface area contributed by atoms with E-state index in [0.717, 1.165) is 44.5 Å². The Morgan fingerprint density at radius 3 is 2.05 bits per heavy atom. The molecule has 0 unspecified atom stereocenters. The molecule has 0 amide bonds. The van der Waals surface area contributed by atoms with Crippen molar-refractivity contribution in [3.05, 3.63) is 166 Å². The Bertz CT molecular complexity index is 3480. The predicted octanol–water partition coefficient (Wildman–Crippen LogP) is 16.2. The van der Waals surface area contributed by atoms with Gasteiger partial charge < -0.3 is 5.11 Å². The molecular weight excluding hydrogens is 767 g/mol. The van der Waals surface area contributed by atoms with E-state index in [9.17, 15) is 5.11 Å². The molecule has 0 spiro atoms. The molecule has 2 heterocycles. The van der Waals surface area contributed by atoms with Crippen molar-refractivity contribution in [3.8, 4) is 67.5 Å². The fourth-order valence-electron chi connectivity index (χ4n) is 8.61. The van der Waals surface area contributed by atoms with Gasteiger partial charge >= 0.3 is 0 Å². The molecule has 0 saturated carbocycles. The number of hydrogen-bond acceptors (Lipinski definition) is 3. The van der Waals surface area contributed by atoms with Crippen molar-refractivity contribution in [1.29, 1.82) is 0 Å². The Labute approximate surface area is 394 Å². The van der Waals surface area contributed by atoms with Crippen molar-refractivity contribution in [2.75, 3.05) is 0 Å². The fourth-order valence-corrected chi connectivity index (χ4v) is 8.61. The number of phenols is 1. The lowest BCUT2D eigenvalue weighted by Gasteiger charge is -2.22. The molecule has 0 radical (unpaired) electrons. The Morgan fingerprint density at radius 2 is 1.35 bits per heavy atom. The molecule has 8 aromatic rings. The third-order valence-electron chi connectivity index (χ3n) is 12.0. The van der Waals surface area contributed by atoms with E-state index in [1.807, 2.05) is 99.0 Å². The first-order valence-corrected chi connectivity index (χ1v) is 21.4. The van der Waals surface area contributed by atoms with Crippen molar-refractivity contribution in [2.24, 2.45) is 0 Å². The van der Waals surface area contributed by atoms with Crippen LogP contribution in [0.25, 0.3) is 72.7 Å².